The second kappa shape index (κ2) is 6.17. The smallest absolute Gasteiger partial charge is 0.289 e. The van der Waals surface area contributed by atoms with Gasteiger partial charge in [0, 0.05) is 31.6 Å². The predicted octanol–water partition coefficient (Wildman–Crippen LogP) is 0.979. The maximum Gasteiger partial charge on any atom is 0.289 e. The van der Waals surface area contributed by atoms with E-state index in [1.165, 1.54) is 6.42 Å². The Kier molecular flexibility index (Phi) is 4.10. The number of rotatable bonds is 4. The van der Waals surface area contributed by atoms with Gasteiger partial charge in [0.15, 0.2) is 0 Å². The number of hydrogen-bond donors (Lipinski definition) is 1. The summed E-state index contributed by atoms with van der Waals surface area (Å²) in [6, 6.07) is 1.83. The maximum absolute atomic E-state index is 12.2. The first-order valence-electron chi connectivity index (χ1n) is 7.28. The molecule has 2 aromatic heterocycles. The van der Waals surface area contributed by atoms with Gasteiger partial charge in [-0.25, -0.2) is 4.98 Å². The lowest BCUT2D eigenvalue weighted by atomic mass is 9.99. The number of fused-ring (bicyclic) bond motifs is 1. The molecule has 0 radical (unpaired) electrons. The molecule has 0 aliphatic carbocycles. The summed E-state index contributed by atoms with van der Waals surface area (Å²) in [5, 5.41) is 10.7. The summed E-state index contributed by atoms with van der Waals surface area (Å²) in [6.07, 6.45) is 4.98. The molecule has 0 spiro atoms. The van der Waals surface area contributed by atoms with E-state index in [4.69, 9.17) is 4.74 Å². The van der Waals surface area contributed by atoms with Crippen molar-refractivity contribution in [1.82, 2.24) is 24.9 Å². The Morgan fingerprint density at radius 3 is 3.24 bits per heavy atom. The zero-order valence-corrected chi connectivity index (χ0v) is 12.1. The summed E-state index contributed by atoms with van der Waals surface area (Å²) in [6.45, 7) is 4.16. The average Bonchev–Trinajstić information content (AvgIpc) is 2.91. The summed E-state index contributed by atoms with van der Waals surface area (Å²) >= 11 is 0. The zero-order chi connectivity index (χ0) is 14.7. The van der Waals surface area contributed by atoms with Gasteiger partial charge in [0.1, 0.15) is 0 Å². The largest absolute Gasteiger partial charge is 0.381 e. The highest BCUT2D eigenvalue weighted by atomic mass is 16.5. The molecule has 112 valence electrons. The minimum Gasteiger partial charge on any atom is -0.381 e. The van der Waals surface area contributed by atoms with E-state index < -0.39 is 0 Å². The van der Waals surface area contributed by atoms with Gasteiger partial charge in [-0.3, -0.25) is 9.20 Å². The molecule has 3 heterocycles. The standard InChI is InChI=1S/C14H19N5O2/c1-10-5-7-19-12(17-18-14(19)16-10)13(20)15-6-4-11-3-2-8-21-9-11/h5,7,11H,2-4,6,8-9H2,1H3,(H,15,20)/t11-/m0/s1. The first-order chi connectivity index (χ1) is 10.2. The van der Waals surface area contributed by atoms with Gasteiger partial charge in [0.2, 0.25) is 5.82 Å². The number of amides is 1. The number of nitrogens with zero attached hydrogens (tertiary/aromatic N) is 4. The molecule has 1 atom stereocenters. The summed E-state index contributed by atoms with van der Waals surface area (Å²) in [4.78, 5) is 16.4. The Balaban J connectivity index is 1.59. The second-order valence-corrected chi connectivity index (χ2v) is 5.39. The zero-order valence-electron chi connectivity index (χ0n) is 12.1. The van der Waals surface area contributed by atoms with E-state index in [1.807, 2.05) is 13.0 Å². The van der Waals surface area contributed by atoms with Crippen molar-refractivity contribution < 1.29 is 9.53 Å². The van der Waals surface area contributed by atoms with Crippen LogP contribution in [-0.2, 0) is 4.74 Å². The molecule has 3 rings (SSSR count). The Labute approximate surface area is 122 Å². The van der Waals surface area contributed by atoms with E-state index in [9.17, 15) is 4.79 Å². The number of aromatic nitrogens is 4. The maximum atomic E-state index is 12.2. The monoisotopic (exact) mass is 289 g/mol. The van der Waals surface area contributed by atoms with Crippen LogP contribution in [0.4, 0.5) is 0 Å². The molecular weight excluding hydrogens is 270 g/mol. The highest BCUT2D eigenvalue weighted by Crippen LogP contribution is 2.16. The van der Waals surface area contributed by atoms with Crippen LogP contribution in [0.2, 0.25) is 0 Å². The van der Waals surface area contributed by atoms with Crippen molar-refractivity contribution in [2.45, 2.75) is 26.2 Å². The summed E-state index contributed by atoms with van der Waals surface area (Å²) < 4.78 is 7.04. The topological polar surface area (TPSA) is 81.4 Å². The molecule has 0 saturated carbocycles. The van der Waals surface area contributed by atoms with Crippen molar-refractivity contribution in [3.8, 4) is 0 Å². The van der Waals surface area contributed by atoms with Crippen molar-refractivity contribution in [2.75, 3.05) is 19.8 Å². The third-order valence-electron chi connectivity index (χ3n) is 3.71. The highest BCUT2D eigenvalue weighted by molar-refractivity contribution is 5.91. The van der Waals surface area contributed by atoms with Crippen molar-refractivity contribution in [3.63, 3.8) is 0 Å². The molecule has 0 aromatic carbocycles. The van der Waals surface area contributed by atoms with Gasteiger partial charge in [-0.15, -0.1) is 10.2 Å². The lowest BCUT2D eigenvalue weighted by Gasteiger charge is -2.21. The van der Waals surface area contributed by atoms with Crippen molar-refractivity contribution in [2.24, 2.45) is 5.92 Å². The normalized spacial score (nSPS) is 18.8. The minimum atomic E-state index is -0.218. The third-order valence-corrected chi connectivity index (χ3v) is 3.71. The van der Waals surface area contributed by atoms with Crippen LogP contribution in [0.5, 0.6) is 0 Å². The first kappa shape index (κ1) is 13.9. The van der Waals surface area contributed by atoms with Crippen LogP contribution in [-0.4, -0.2) is 45.2 Å². The van der Waals surface area contributed by atoms with Gasteiger partial charge in [-0.1, -0.05) is 0 Å². The van der Waals surface area contributed by atoms with Crippen molar-refractivity contribution in [3.05, 3.63) is 23.8 Å². The Hall–Kier alpha value is -2.02. The van der Waals surface area contributed by atoms with Crippen LogP contribution in [0.15, 0.2) is 12.3 Å². The van der Waals surface area contributed by atoms with Crippen LogP contribution in [0.1, 0.15) is 35.6 Å². The number of aryl methyl sites for hydroxylation is 1. The molecule has 7 heteroatoms. The van der Waals surface area contributed by atoms with Crippen molar-refractivity contribution in [1.29, 1.82) is 0 Å². The second-order valence-electron chi connectivity index (χ2n) is 5.39. The van der Waals surface area contributed by atoms with Gasteiger partial charge < -0.3 is 10.1 Å². The quantitative estimate of drug-likeness (QED) is 0.907. The molecule has 0 unspecified atom stereocenters. The van der Waals surface area contributed by atoms with E-state index in [2.05, 4.69) is 20.5 Å². The van der Waals surface area contributed by atoms with Crippen molar-refractivity contribution >= 4 is 11.7 Å². The Morgan fingerprint density at radius 1 is 1.52 bits per heavy atom. The summed E-state index contributed by atoms with van der Waals surface area (Å²) in [7, 11) is 0. The molecule has 1 N–H and O–H groups in total. The lowest BCUT2D eigenvalue weighted by Crippen LogP contribution is -2.29. The van der Waals surface area contributed by atoms with Gasteiger partial charge in [-0.05, 0) is 38.2 Å². The molecule has 7 nitrogen and oxygen atoms in total. The fourth-order valence-electron chi connectivity index (χ4n) is 2.53. The van der Waals surface area contributed by atoms with Gasteiger partial charge >= 0.3 is 0 Å². The van der Waals surface area contributed by atoms with Gasteiger partial charge in [0.25, 0.3) is 11.7 Å². The molecule has 1 aliphatic heterocycles. The third kappa shape index (κ3) is 3.18. The van der Waals surface area contributed by atoms with E-state index >= 15 is 0 Å². The molecule has 1 amide bonds. The van der Waals surface area contributed by atoms with Crippen LogP contribution in [0.25, 0.3) is 5.78 Å². The molecule has 1 aliphatic rings. The first-order valence-corrected chi connectivity index (χ1v) is 7.28. The number of carbonyl (C=O) groups is 1. The average molecular weight is 289 g/mol. The number of carbonyl (C=O) groups excluding carboxylic acids is 1. The summed E-state index contributed by atoms with van der Waals surface area (Å²) in [5.41, 5.74) is 0.846. The molecule has 21 heavy (non-hydrogen) atoms. The molecule has 1 saturated heterocycles. The highest BCUT2D eigenvalue weighted by Gasteiger charge is 2.17. The summed E-state index contributed by atoms with van der Waals surface area (Å²) in [5.74, 6) is 1.04. The van der Waals surface area contributed by atoms with Gasteiger partial charge in [-0.2, -0.15) is 0 Å². The molecular formula is C14H19N5O2. The van der Waals surface area contributed by atoms with E-state index in [-0.39, 0.29) is 11.7 Å². The molecule has 0 bridgehead atoms. The SMILES string of the molecule is Cc1ccn2c(C(=O)NCC[C@@H]3CCCOC3)nnc2n1. The van der Waals surface area contributed by atoms with E-state index in [0.717, 1.165) is 31.7 Å². The number of nitrogens with one attached hydrogen (secondary N) is 1. The lowest BCUT2D eigenvalue weighted by molar-refractivity contribution is 0.0514. The number of ether oxygens (including phenoxy) is 1. The molecule has 1 fully saturated rings. The fourth-order valence-corrected chi connectivity index (χ4v) is 2.53. The van der Waals surface area contributed by atoms with Crippen LogP contribution >= 0.6 is 0 Å². The van der Waals surface area contributed by atoms with E-state index in [0.29, 0.717) is 18.2 Å². The predicted molar refractivity (Wildman–Crippen MR) is 76.0 cm³/mol. The van der Waals surface area contributed by atoms with Gasteiger partial charge in [0.05, 0.1) is 0 Å². The molecule has 2 aromatic rings. The minimum absolute atomic E-state index is 0.218. The Bertz CT molecular complexity index is 633. The van der Waals surface area contributed by atoms with Crippen LogP contribution in [0, 0.1) is 12.8 Å². The number of hydrogen-bond acceptors (Lipinski definition) is 5. The van der Waals surface area contributed by atoms with Crippen LogP contribution < -0.4 is 5.32 Å². The fraction of sp³-hybridized carbons (Fsp3) is 0.571. The van der Waals surface area contributed by atoms with Crippen LogP contribution in [0.3, 0.4) is 0 Å². The van der Waals surface area contributed by atoms with E-state index in [1.54, 1.807) is 10.6 Å². The Morgan fingerprint density at radius 2 is 2.43 bits per heavy atom.